The number of aromatic nitrogens is 2. The molecule has 4 nitrogen and oxygen atoms in total. The SMILES string of the molecule is O=c1c2ccc(-c3cccc(-n4c5ccccc5c5cc(-c6cccc7c6oc6ccccc67)ccc54)c3)cc2c2cccc3c4ccccc4n1c23. The van der Waals surface area contributed by atoms with Gasteiger partial charge in [0.2, 0.25) is 0 Å². The number of furan rings is 1. The topological polar surface area (TPSA) is 39.5 Å². The van der Waals surface area contributed by atoms with Gasteiger partial charge in [-0.25, -0.2) is 0 Å². The third kappa shape index (κ3) is 3.87. The largest absolute Gasteiger partial charge is 0.455 e. The molecule has 8 aromatic carbocycles. The van der Waals surface area contributed by atoms with E-state index in [1.165, 1.54) is 10.8 Å². The van der Waals surface area contributed by atoms with E-state index in [0.29, 0.717) is 0 Å². The molecule has 0 atom stereocenters. The average Bonchev–Trinajstić information content (AvgIpc) is 3.88. The van der Waals surface area contributed by atoms with Crippen molar-refractivity contribution in [3.05, 3.63) is 180 Å². The van der Waals surface area contributed by atoms with Crippen LogP contribution in [0.25, 0.3) is 110 Å². The maximum atomic E-state index is 14.1. The van der Waals surface area contributed by atoms with Gasteiger partial charge in [-0.1, -0.05) is 115 Å². The molecule has 4 aromatic heterocycles. The van der Waals surface area contributed by atoms with Crippen molar-refractivity contribution >= 4 is 81.7 Å². The van der Waals surface area contributed by atoms with Crippen LogP contribution in [0.15, 0.2) is 179 Å². The van der Waals surface area contributed by atoms with Crippen LogP contribution in [0.4, 0.5) is 0 Å². The summed E-state index contributed by atoms with van der Waals surface area (Å²) in [5.74, 6) is 0. The Labute approximate surface area is 302 Å². The fourth-order valence-corrected chi connectivity index (χ4v) is 8.92. The Morgan fingerprint density at radius 1 is 0.396 bits per heavy atom. The zero-order valence-electron chi connectivity index (χ0n) is 28.4. The number of para-hydroxylation sites is 5. The lowest BCUT2D eigenvalue weighted by atomic mass is 9.98. The number of rotatable bonds is 3. The molecule has 0 bridgehead atoms. The molecular formula is C49H28N2O2. The molecule has 12 rings (SSSR count). The van der Waals surface area contributed by atoms with E-state index in [0.717, 1.165) is 98.9 Å². The second kappa shape index (κ2) is 10.4. The van der Waals surface area contributed by atoms with Crippen molar-refractivity contribution in [2.75, 3.05) is 0 Å². The van der Waals surface area contributed by atoms with Crippen LogP contribution in [-0.2, 0) is 0 Å². The third-order valence-electron chi connectivity index (χ3n) is 11.3. The Balaban J connectivity index is 1.04. The van der Waals surface area contributed by atoms with Crippen molar-refractivity contribution in [1.82, 2.24) is 8.97 Å². The maximum Gasteiger partial charge on any atom is 0.263 e. The van der Waals surface area contributed by atoms with E-state index in [-0.39, 0.29) is 5.56 Å². The van der Waals surface area contributed by atoms with Crippen molar-refractivity contribution < 1.29 is 4.42 Å². The lowest BCUT2D eigenvalue weighted by Gasteiger charge is -2.12. The van der Waals surface area contributed by atoms with Crippen LogP contribution in [-0.4, -0.2) is 8.97 Å². The van der Waals surface area contributed by atoms with Crippen LogP contribution in [0.3, 0.4) is 0 Å². The number of hydrogen-bond donors (Lipinski definition) is 0. The van der Waals surface area contributed by atoms with Gasteiger partial charge in [0.15, 0.2) is 0 Å². The highest BCUT2D eigenvalue weighted by Crippen LogP contribution is 2.40. The van der Waals surface area contributed by atoms with E-state index in [1.54, 1.807) is 0 Å². The first-order valence-corrected chi connectivity index (χ1v) is 18.0. The summed E-state index contributed by atoms with van der Waals surface area (Å²) in [7, 11) is 0. The first kappa shape index (κ1) is 28.5. The Kier molecular flexibility index (Phi) is 5.62. The van der Waals surface area contributed by atoms with Gasteiger partial charge in [0, 0.05) is 54.3 Å². The van der Waals surface area contributed by atoms with E-state index < -0.39 is 0 Å². The molecule has 0 aliphatic carbocycles. The second-order valence-corrected chi connectivity index (χ2v) is 14.0. The first-order chi connectivity index (χ1) is 26.2. The molecule has 4 heteroatoms. The minimum atomic E-state index is 0.0198. The molecule has 0 spiro atoms. The average molecular weight is 677 g/mol. The molecule has 0 aliphatic rings. The summed E-state index contributed by atoms with van der Waals surface area (Å²) in [5, 5.41) is 9.63. The zero-order chi connectivity index (χ0) is 34.8. The number of benzene rings is 8. The number of fused-ring (bicyclic) bond motifs is 11. The molecule has 0 saturated heterocycles. The molecule has 0 aliphatic heterocycles. The standard InChI is InChI=1S/C49H28N2O2/c52-49-40-24-22-30(27-41(40)38-17-9-16-37-34-12-1-5-20-44(34)51(49)47(37)38)29-10-7-11-32(26-29)50-43-19-4-2-13-35(43)42-28-31(23-25-45(42)50)33-15-8-18-39-36-14-3-6-21-46(36)53-48(33)39/h1-28H. The summed E-state index contributed by atoms with van der Waals surface area (Å²) in [4.78, 5) is 14.1. The molecule has 12 aromatic rings. The van der Waals surface area contributed by atoms with Crippen molar-refractivity contribution in [1.29, 1.82) is 0 Å². The minimum absolute atomic E-state index is 0.0198. The first-order valence-electron chi connectivity index (χ1n) is 18.0. The monoisotopic (exact) mass is 676 g/mol. The van der Waals surface area contributed by atoms with Crippen LogP contribution >= 0.6 is 0 Å². The van der Waals surface area contributed by atoms with Crippen LogP contribution in [0.5, 0.6) is 0 Å². The summed E-state index contributed by atoms with van der Waals surface area (Å²) in [6.07, 6.45) is 0. The van der Waals surface area contributed by atoms with Gasteiger partial charge in [0.25, 0.3) is 5.56 Å². The van der Waals surface area contributed by atoms with E-state index in [2.05, 4.69) is 138 Å². The summed E-state index contributed by atoms with van der Waals surface area (Å²) in [5.41, 5.74) is 11.5. The molecule has 0 saturated carbocycles. The molecule has 4 heterocycles. The highest BCUT2D eigenvalue weighted by molar-refractivity contribution is 6.20. The van der Waals surface area contributed by atoms with E-state index >= 15 is 0 Å². The highest BCUT2D eigenvalue weighted by Gasteiger charge is 2.19. The Morgan fingerprint density at radius 2 is 1.02 bits per heavy atom. The molecular weight excluding hydrogens is 649 g/mol. The predicted molar refractivity (Wildman–Crippen MR) is 220 cm³/mol. The fraction of sp³-hybridized carbons (Fsp3) is 0. The van der Waals surface area contributed by atoms with E-state index in [9.17, 15) is 4.79 Å². The van der Waals surface area contributed by atoms with Gasteiger partial charge in [-0.3, -0.25) is 9.20 Å². The summed E-state index contributed by atoms with van der Waals surface area (Å²) < 4.78 is 10.7. The molecule has 53 heavy (non-hydrogen) atoms. The number of hydrogen-bond acceptors (Lipinski definition) is 2. The molecule has 0 N–H and O–H groups in total. The molecule has 0 radical (unpaired) electrons. The lowest BCUT2D eigenvalue weighted by molar-refractivity contribution is 0.670. The van der Waals surface area contributed by atoms with Crippen molar-refractivity contribution in [2.45, 2.75) is 0 Å². The van der Waals surface area contributed by atoms with Gasteiger partial charge >= 0.3 is 0 Å². The summed E-state index contributed by atoms with van der Waals surface area (Å²) >= 11 is 0. The van der Waals surface area contributed by atoms with E-state index in [1.807, 2.05) is 40.8 Å². The van der Waals surface area contributed by atoms with Crippen molar-refractivity contribution in [3.8, 4) is 27.9 Å². The Hall–Kier alpha value is -7.17. The normalized spacial score (nSPS) is 12.2. The minimum Gasteiger partial charge on any atom is -0.455 e. The van der Waals surface area contributed by atoms with Gasteiger partial charge in [-0.2, -0.15) is 0 Å². The zero-order valence-corrected chi connectivity index (χ0v) is 28.4. The Morgan fingerprint density at radius 3 is 1.91 bits per heavy atom. The van der Waals surface area contributed by atoms with Crippen molar-refractivity contribution in [2.24, 2.45) is 0 Å². The van der Waals surface area contributed by atoms with E-state index in [4.69, 9.17) is 4.42 Å². The van der Waals surface area contributed by atoms with Gasteiger partial charge in [-0.05, 0) is 76.7 Å². The lowest BCUT2D eigenvalue weighted by Crippen LogP contribution is -2.12. The number of pyridine rings is 1. The molecule has 0 fully saturated rings. The predicted octanol–water partition coefficient (Wildman–Crippen LogP) is 12.5. The number of nitrogens with zero attached hydrogens (tertiary/aromatic N) is 2. The third-order valence-corrected chi connectivity index (χ3v) is 11.3. The van der Waals surface area contributed by atoms with Crippen LogP contribution in [0.1, 0.15) is 0 Å². The smallest absolute Gasteiger partial charge is 0.263 e. The maximum absolute atomic E-state index is 14.1. The fourth-order valence-electron chi connectivity index (χ4n) is 8.92. The van der Waals surface area contributed by atoms with Gasteiger partial charge in [0.1, 0.15) is 11.2 Å². The summed E-state index contributed by atoms with van der Waals surface area (Å²) in [6, 6.07) is 59.6. The van der Waals surface area contributed by atoms with Crippen molar-refractivity contribution in [3.63, 3.8) is 0 Å². The molecule has 246 valence electrons. The van der Waals surface area contributed by atoms with Gasteiger partial charge in [-0.15, -0.1) is 0 Å². The second-order valence-electron chi connectivity index (χ2n) is 14.0. The Bertz CT molecular complexity index is 3550. The summed E-state index contributed by atoms with van der Waals surface area (Å²) in [6.45, 7) is 0. The molecule has 0 amide bonds. The van der Waals surface area contributed by atoms with Crippen LogP contribution < -0.4 is 5.56 Å². The van der Waals surface area contributed by atoms with Gasteiger partial charge in [0.05, 0.1) is 22.1 Å². The van der Waals surface area contributed by atoms with Crippen LogP contribution in [0, 0.1) is 0 Å². The van der Waals surface area contributed by atoms with Gasteiger partial charge < -0.3 is 8.98 Å². The highest BCUT2D eigenvalue weighted by atomic mass is 16.3. The quantitative estimate of drug-likeness (QED) is 0.175. The molecule has 0 unspecified atom stereocenters. The van der Waals surface area contributed by atoms with Crippen LogP contribution in [0.2, 0.25) is 0 Å².